The predicted molar refractivity (Wildman–Crippen MR) is 81.3 cm³/mol. The molecule has 1 fully saturated rings. The molecule has 1 aromatic carbocycles. The molecule has 2 aliphatic rings. The number of benzene rings is 1. The summed E-state index contributed by atoms with van der Waals surface area (Å²) in [5.41, 5.74) is 2.41. The molecule has 0 bridgehead atoms. The third kappa shape index (κ3) is 2.13. The molecule has 0 saturated carbocycles. The van der Waals surface area contributed by atoms with Gasteiger partial charge in [0.05, 0.1) is 11.1 Å². The summed E-state index contributed by atoms with van der Waals surface area (Å²) in [5.74, 6) is -0.837. The molecule has 3 rings (SSSR count). The van der Waals surface area contributed by atoms with Gasteiger partial charge in [-0.2, -0.15) is 0 Å². The maximum atomic E-state index is 12.6. The summed E-state index contributed by atoms with van der Waals surface area (Å²) in [7, 11) is 0. The Balaban J connectivity index is 1.96. The minimum atomic E-state index is -0.750. The van der Waals surface area contributed by atoms with Crippen molar-refractivity contribution in [2.45, 2.75) is 38.6 Å². The van der Waals surface area contributed by atoms with Crippen molar-refractivity contribution in [1.29, 1.82) is 0 Å². The highest BCUT2D eigenvalue weighted by molar-refractivity contribution is 6.23. The minimum absolute atomic E-state index is 0.267. The third-order valence-electron chi connectivity index (χ3n) is 4.24. The third-order valence-corrected chi connectivity index (χ3v) is 4.24. The molecule has 114 valence electrons. The lowest BCUT2D eigenvalue weighted by atomic mass is 9.98. The first-order valence-corrected chi connectivity index (χ1v) is 7.40. The van der Waals surface area contributed by atoms with Crippen LogP contribution in [0.2, 0.25) is 0 Å². The molecule has 1 unspecified atom stereocenters. The molecular formula is C17H18N2O3. The lowest BCUT2D eigenvalue weighted by Crippen LogP contribution is -2.51. The summed E-state index contributed by atoms with van der Waals surface area (Å²) in [4.78, 5) is 38.3. The highest BCUT2D eigenvalue weighted by Crippen LogP contribution is 2.30. The van der Waals surface area contributed by atoms with Crippen LogP contribution in [0.3, 0.4) is 0 Å². The number of nitrogens with zero attached hydrogens (tertiary/aromatic N) is 1. The summed E-state index contributed by atoms with van der Waals surface area (Å²) < 4.78 is 0. The van der Waals surface area contributed by atoms with Crippen molar-refractivity contribution in [1.82, 2.24) is 10.2 Å². The van der Waals surface area contributed by atoms with Crippen molar-refractivity contribution >= 4 is 17.7 Å². The second kappa shape index (κ2) is 5.09. The van der Waals surface area contributed by atoms with Gasteiger partial charge in [-0.1, -0.05) is 26.5 Å². The second-order valence-electron chi connectivity index (χ2n) is 6.09. The van der Waals surface area contributed by atoms with E-state index in [4.69, 9.17) is 0 Å². The van der Waals surface area contributed by atoms with Crippen LogP contribution in [0.15, 0.2) is 30.5 Å². The van der Waals surface area contributed by atoms with Crippen molar-refractivity contribution in [3.05, 3.63) is 47.2 Å². The molecule has 3 amide bonds. The number of piperidine rings is 1. The summed E-state index contributed by atoms with van der Waals surface area (Å²) in [6.45, 7) is 7.77. The lowest BCUT2D eigenvalue weighted by Gasteiger charge is -2.29. The number of imide groups is 1. The van der Waals surface area contributed by atoms with Gasteiger partial charge in [-0.15, -0.1) is 0 Å². The fraction of sp³-hybridized carbons (Fsp3) is 0.353. The van der Waals surface area contributed by atoms with E-state index in [1.54, 1.807) is 12.1 Å². The molecule has 0 aliphatic carbocycles. The number of fused-ring (bicyclic) bond motifs is 1. The van der Waals surface area contributed by atoms with E-state index in [0.29, 0.717) is 29.7 Å². The molecule has 5 nitrogen and oxygen atoms in total. The van der Waals surface area contributed by atoms with Gasteiger partial charge in [-0.3, -0.25) is 19.3 Å². The molecule has 5 heteroatoms. The Labute approximate surface area is 129 Å². The van der Waals surface area contributed by atoms with Crippen LogP contribution in [0.25, 0.3) is 0 Å². The summed E-state index contributed by atoms with van der Waals surface area (Å²) in [6, 6.07) is 4.56. The fourth-order valence-corrected chi connectivity index (χ4v) is 2.93. The largest absolute Gasteiger partial charge is 0.329 e. The highest BCUT2D eigenvalue weighted by Gasteiger charge is 2.43. The van der Waals surface area contributed by atoms with Crippen LogP contribution in [-0.4, -0.2) is 28.7 Å². The normalized spacial score (nSPS) is 21.4. The molecule has 2 heterocycles. The Hall–Kier alpha value is -2.43. The van der Waals surface area contributed by atoms with Crippen molar-refractivity contribution in [2.75, 3.05) is 0 Å². The van der Waals surface area contributed by atoms with Crippen LogP contribution in [0.4, 0.5) is 0 Å². The first-order chi connectivity index (χ1) is 10.4. The Morgan fingerprint density at radius 2 is 1.86 bits per heavy atom. The van der Waals surface area contributed by atoms with E-state index in [1.807, 2.05) is 19.9 Å². The smallest absolute Gasteiger partial charge is 0.262 e. The lowest BCUT2D eigenvalue weighted by molar-refractivity contribution is -0.125. The van der Waals surface area contributed by atoms with Crippen LogP contribution in [0.5, 0.6) is 0 Å². The quantitative estimate of drug-likeness (QED) is 0.851. The van der Waals surface area contributed by atoms with Gasteiger partial charge in [-0.05, 0) is 36.5 Å². The zero-order valence-electron chi connectivity index (χ0n) is 12.7. The van der Waals surface area contributed by atoms with E-state index in [9.17, 15) is 14.4 Å². The van der Waals surface area contributed by atoms with Crippen LogP contribution >= 0.6 is 0 Å². The molecule has 2 aliphatic heterocycles. The molecular weight excluding hydrogens is 280 g/mol. The van der Waals surface area contributed by atoms with Gasteiger partial charge in [0.1, 0.15) is 6.04 Å². The molecule has 1 atom stereocenters. The first-order valence-electron chi connectivity index (χ1n) is 7.40. The number of nitrogens with one attached hydrogen (secondary N) is 1. The summed E-state index contributed by atoms with van der Waals surface area (Å²) in [6.07, 6.45) is 0.994. The molecule has 0 radical (unpaired) electrons. The molecule has 0 spiro atoms. The molecule has 22 heavy (non-hydrogen) atoms. The average Bonchev–Trinajstić information content (AvgIpc) is 2.71. The van der Waals surface area contributed by atoms with Gasteiger partial charge >= 0.3 is 0 Å². The van der Waals surface area contributed by atoms with E-state index in [1.165, 1.54) is 0 Å². The van der Waals surface area contributed by atoms with Crippen molar-refractivity contribution < 1.29 is 14.4 Å². The van der Waals surface area contributed by atoms with Crippen LogP contribution in [0, 0.1) is 0 Å². The van der Waals surface area contributed by atoms with Gasteiger partial charge in [0.25, 0.3) is 11.8 Å². The number of carbonyl (C=O) groups excluding carboxylic acids is 3. The summed E-state index contributed by atoms with van der Waals surface area (Å²) in [5, 5.41) is 2.62. The Kier molecular flexibility index (Phi) is 3.35. The highest BCUT2D eigenvalue weighted by atomic mass is 16.2. The van der Waals surface area contributed by atoms with Crippen molar-refractivity contribution in [3.63, 3.8) is 0 Å². The fourth-order valence-electron chi connectivity index (χ4n) is 2.93. The first kappa shape index (κ1) is 14.5. The van der Waals surface area contributed by atoms with Crippen molar-refractivity contribution in [2.24, 2.45) is 0 Å². The standard InChI is InChI=1S/C17H18N2O3/c1-9(2)11-5-6-12-13(8-11)17(22)19(16(12)21)14-7-4-10(3)18-15(14)20/h5-6,8-9,14H,3-4,7H2,1-2H3,(H,18,20). The van der Waals surface area contributed by atoms with Crippen LogP contribution < -0.4 is 5.32 Å². The Morgan fingerprint density at radius 1 is 1.18 bits per heavy atom. The molecule has 1 N–H and O–H groups in total. The summed E-state index contributed by atoms with van der Waals surface area (Å²) >= 11 is 0. The molecule has 1 saturated heterocycles. The van der Waals surface area contributed by atoms with Gasteiger partial charge in [0, 0.05) is 5.70 Å². The monoisotopic (exact) mass is 298 g/mol. The molecule has 0 aromatic heterocycles. The predicted octanol–water partition coefficient (Wildman–Crippen LogP) is 2.20. The zero-order chi connectivity index (χ0) is 16.0. The number of carbonyl (C=O) groups is 3. The SMILES string of the molecule is C=C1CCC(N2C(=O)c3ccc(C(C)C)cc3C2=O)C(=O)N1. The maximum absolute atomic E-state index is 12.6. The maximum Gasteiger partial charge on any atom is 0.262 e. The number of hydrogen-bond acceptors (Lipinski definition) is 3. The van der Waals surface area contributed by atoms with Crippen LogP contribution in [-0.2, 0) is 4.79 Å². The van der Waals surface area contributed by atoms with Gasteiger partial charge in [0.2, 0.25) is 5.91 Å². The van der Waals surface area contributed by atoms with Crippen molar-refractivity contribution in [3.8, 4) is 0 Å². The van der Waals surface area contributed by atoms with E-state index >= 15 is 0 Å². The van der Waals surface area contributed by atoms with E-state index in [2.05, 4.69) is 11.9 Å². The van der Waals surface area contributed by atoms with Gasteiger partial charge in [-0.25, -0.2) is 0 Å². The topological polar surface area (TPSA) is 66.5 Å². The number of rotatable bonds is 2. The van der Waals surface area contributed by atoms with E-state index < -0.39 is 6.04 Å². The number of hydrogen-bond donors (Lipinski definition) is 1. The van der Waals surface area contributed by atoms with Gasteiger partial charge < -0.3 is 5.32 Å². The zero-order valence-corrected chi connectivity index (χ0v) is 12.7. The number of amides is 3. The Morgan fingerprint density at radius 3 is 2.50 bits per heavy atom. The van der Waals surface area contributed by atoms with E-state index in [-0.39, 0.29) is 23.6 Å². The second-order valence-corrected chi connectivity index (χ2v) is 6.09. The number of allylic oxidation sites excluding steroid dienone is 1. The van der Waals surface area contributed by atoms with E-state index in [0.717, 1.165) is 10.5 Å². The van der Waals surface area contributed by atoms with Gasteiger partial charge in [0.15, 0.2) is 0 Å². The minimum Gasteiger partial charge on any atom is -0.329 e. The van der Waals surface area contributed by atoms with Crippen LogP contribution in [0.1, 0.15) is 58.9 Å². The average molecular weight is 298 g/mol. The molecule has 1 aromatic rings. The Bertz CT molecular complexity index is 706.